The smallest absolute Gasteiger partial charge is 0.251 e. The van der Waals surface area contributed by atoms with Crippen LogP contribution in [0.15, 0.2) is 30.3 Å². The monoisotopic (exact) mass is 244 g/mol. The molecule has 3 rings (SSSR count). The van der Waals surface area contributed by atoms with Crippen molar-refractivity contribution in [2.24, 2.45) is 0 Å². The molecule has 0 radical (unpaired) electrons. The highest BCUT2D eigenvalue weighted by Crippen LogP contribution is 2.27. The van der Waals surface area contributed by atoms with E-state index in [1.807, 2.05) is 30.3 Å². The maximum Gasteiger partial charge on any atom is 0.251 e. The number of hydrogen-bond donors (Lipinski definition) is 0. The van der Waals surface area contributed by atoms with Gasteiger partial charge < -0.3 is 0 Å². The number of nitrogens with zero attached hydrogens (tertiary/aromatic N) is 2. The zero-order valence-corrected chi connectivity index (χ0v) is 10.2. The van der Waals surface area contributed by atoms with Gasteiger partial charge in [-0.15, -0.1) is 0 Å². The molecule has 0 spiro atoms. The Balaban J connectivity index is 1.85. The van der Waals surface area contributed by atoms with Gasteiger partial charge in [-0.1, -0.05) is 18.2 Å². The van der Waals surface area contributed by atoms with Gasteiger partial charge in [-0.25, -0.2) is 4.90 Å². The van der Waals surface area contributed by atoms with Crippen molar-refractivity contribution in [3.05, 3.63) is 30.3 Å². The molecule has 2 fully saturated rings. The summed E-state index contributed by atoms with van der Waals surface area (Å²) in [5.74, 6) is -0.142. The Morgan fingerprint density at radius 3 is 2.33 bits per heavy atom. The lowest BCUT2D eigenvalue weighted by atomic mass is 10.2. The van der Waals surface area contributed by atoms with Gasteiger partial charge in [-0.2, -0.15) is 0 Å². The maximum absolute atomic E-state index is 12.4. The van der Waals surface area contributed by atoms with Gasteiger partial charge >= 0.3 is 0 Å². The van der Waals surface area contributed by atoms with E-state index in [4.69, 9.17) is 0 Å². The number of rotatable bonds is 2. The molecule has 2 aliphatic heterocycles. The number of likely N-dealkylation sites (tertiary alicyclic amines) is 1. The largest absolute Gasteiger partial charge is 0.292 e. The van der Waals surface area contributed by atoms with Gasteiger partial charge in [0.2, 0.25) is 5.91 Å². The molecule has 2 saturated heterocycles. The molecule has 4 heteroatoms. The lowest BCUT2D eigenvalue weighted by Gasteiger charge is -2.21. The average molecular weight is 244 g/mol. The molecule has 0 N–H and O–H groups in total. The number of anilines is 1. The Labute approximate surface area is 106 Å². The van der Waals surface area contributed by atoms with Crippen molar-refractivity contribution >= 4 is 17.5 Å². The Hall–Kier alpha value is -1.68. The van der Waals surface area contributed by atoms with Crippen molar-refractivity contribution in [2.75, 3.05) is 18.0 Å². The molecular formula is C14H16N2O2. The molecule has 0 bridgehead atoms. The summed E-state index contributed by atoms with van der Waals surface area (Å²) in [5.41, 5.74) is 0.689. The van der Waals surface area contributed by atoms with E-state index in [1.165, 1.54) is 4.90 Å². The third kappa shape index (κ3) is 1.82. The van der Waals surface area contributed by atoms with Gasteiger partial charge in [0.1, 0.15) is 0 Å². The van der Waals surface area contributed by atoms with E-state index >= 15 is 0 Å². The van der Waals surface area contributed by atoms with E-state index in [0.29, 0.717) is 12.1 Å². The Morgan fingerprint density at radius 1 is 1.00 bits per heavy atom. The molecule has 0 aliphatic carbocycles. The summed E-state index contributed by atoms with van der Waals surface area (Å²) >= 11 is 0. The van der Waals surface area contributed by atoms with E-state index in [2.05, 4.69) is 4.90 Å². The second-order valence-electron chi connectivity index (χ2n) is 4.87. The van der Waals surface area contributed by atoms with Crippen LogP contribution in [0.25, 0.3) is 0 Å². The van der Waals surface area contributed by atoms with Gasteiger partial charge in [-0.05, 0) is 38.1 Å². The minimum Gasteiger partial charge on any atom is -0.292 e. The van der Waals surface area contributed by atoms with Crippen LogP contribution in [0.4, 0.5) is 5.69 Å². The standard InChI is InChI=1S/C14H16N2O2/c17-13-10-12(15-8-4-5-9-15)14(18)16(13)11-6-2-1-3-7-11/h1-3,6-7,12H,4-5,8-10H2/t12-/m0/s1. The van der Waals surface area contributed by atoms with Crippen molar-refractivity contribution in [3.8, 4) is 0 Å². The molecule has 1 atom stereocenters. The molecule has 94 valence electrons. The fourth-order valence-electron chi connectivity index (χ4n) is 2.80. The van der Waals surface area contributed by atoms with Crippen molar-refractivity contribution < 1.29 is 9.59 Å². The minimum absolute atomic E-state index is 0.0619. The molecule has 1 aromatic rings. The van der Waals surface area contributed by atoms with E-state index < -0.39 is 0 Å². The van der Waals surface area contributed by atoms with Crippen molar-refractivity contribution in [1.82, 2.24) is 4.90 Å². The molecule has 1 aromatic carbocycles. The average Bonchev–Trinajstić information content (AvgIpc) is 2.99. The summed E-state index contributed by atoms with van der Waals surface area (Å²) < 4.78 is 0. The summed E-state index contributed by atoms with van der Waals surface area (Å²) in [5, 5.41) is 0. The predicted octanol–water partition coefficient (Wildman–Crippen LogP) is 1.41. The fourth-order valence-corrected chi connectivity index (χ4v) is 2.80. The first-order valence-corrected chi connectivity index (χ1v) is 6.43. The van der Waals surface area contributed by atoms with E-state index in [9.17, 15) is 9.59 Å². The van der Waals surface area contributed by atoms with Gasteiger partial charge in [0.25, 0.3) is 5.91 Å². The third-order valence-corrected chi connectivity index (χ3v) is 3.72. The molecule has 0 unspecified atom stereocenters. The first kappa shape index (κ1) is 11.4. The first-order valence-electron chi connectivity index (χ1n) is 6.43. The van der Waals surface area contributed by atoms with Crippen LogP contribution in [0.5, 0.6) is 0 Å². The summed E-state index contributed by atoms with van der Waals surface area (Å²) in [6.45, 7) is 1.87. The van der Waals surface area contributed by atoms with Crippen LogP contribution in [0.3, 0.4) is 0 Å². The fraction of sp³-hybridized carbons (Fsp3) is 0.429. The maximum atomic E-state index is 12.4. The van der Waals surface area contributed by atoms with E-state index in [0.717, 1.165) is 25.9 Å². The number of carbonyl (C=O) groups excluding carboxylic acids is 2. The van der Waals surface area contributed by atoms with Crippen LogP contribution in [0, 0.1) is 0 Å². The van der Waals surface area contributed by atoms with E-state index in [-0.39, 0.29) is 17.9 Å². The van der Waals surface area contributed by atoms with Crippen LogP contribution in [-0.4, -0.2) is 35.8 Å². The molecule has 0 aromatic heterocycles. The lowest BCUT2D eigenvalue weighted by Crippen LogP contribution is -2.40. The molecule has 18 heavy (non-hydrogen) atoms. The first-order chi connectivity index (χ1) is 8.77. The second kappa shape index (κ2) is 4.53. The number of benzene rings is 1. The van der Waals surface area contributed by atoms with Crippen molar-refractivity contribution in [3.63, 3.8) is 0 Å². The Morgan fingerprint density at radius 2 is 1.67 bits per heavy atom. The van der Waals surface area contributed by atoms with Crippen LogP contribution in [0.1, 0.15) is 19.3 Å². The summed E-state index contributed by atoms with van der Waals surface area (Å²) in [4.78, 5) is 27.9. The number of para-hydroxylation sites is 1. The second-order valence-corrected chi connectivity index (χ2v) is 4.87. The molecule has 2 amide bonds. The minimum atomic E-state index is -0.236. The highest BCUT2D eigenvalue weighted by atomic mass is 16.2. The van der Waals surface area contributed by atoms with Crippen LogP contribution >= 0.6 is 0 Å². The highest BCUT2D eigenvalue weighted by molar-refractivity contribution is 6.22. The highest BCUT2D eigenvalue weighted by Gasteiger charge is 2.43. The van der Waals surface area contributed by atoms with Crippen molar-refractivity contribution in [2.45, 2.75) is 25.3 Å². The number of carbonyl (C=O) groups is 2. The zero-order chi connectivity index (χ0) is 12.5. The normalized spacial score (nSPS) is 25.1. The molecule has 2 aliphatic rings. The molecule has 4 nitrogen and oxygen atoms in total. The Bertz CT molecular complexity index is 466. The van der Waals surface area contributed by atoms with Crippen LogP contribution in [-0.2, 0) is 9.59 Å². The SMILES string of the molecule is O=C1C[C@H](N2CCCC2)C(=O)N1c1ccccc1. The Kier molecular flexibility index (Phi) is 2.88. The van der Waals surface area contributed by atoms with Crippen LogP contribution < -0.4 is 4.90 Å². The van der Waals surface area contributed by atoms with Gasteiger partial charge in [-0.3, -0.25) is 14.5 Å². The lowest BCUT2D eigenvalue weighted by molar-refractivity contribution is -0.122. The number of hydrogen-bond acceptors (Lipinski definition) is 3. The molecule has 2 heterocycles. The topological polar surface area (TPSA) is 40.6 Å². The van der Waals surface area contributed by atoms with E-state index in [1.54, 1.807) is 0 Å². The zero-order valence-electron chi connectivity index (χ0n) is 10.2. The predicted molar refractivity (Wildman–Crippen MR) is 68.1 cm³/mol. The van der Waals surface area contributed by atoms with Gasteiger partial charge in [0.05, 0.1) is 18.2 Å². The summed E-state index contributed by atoms with van der Waals surface area (Å²) in [6, 6.07) is 8.95. The number of amides is 2. The van der Waals surface area contributed by atoms with Gasteiger partial charge in [0.15, 0.2) is 0 Å². The van der Waals surface area contributed by atoms with Crippen LogP contribution in [0.2, 0.25) is 0 Å². The quantitative estimate of drug-likeness (QED) is 0.739. The van der Waals surface area contributed by atoms with Crippen molar-refractivity contribution in [1.29, 1.82) is 0 Å². The van der Waals surface area contributed by atoms with Gasteiger partial charge in [0, 0.05) is 0 Å². The third-order valence-electron chi connectivity index (χ3n) is 3.72. The molecule has 0 saturated carbocycles. The molecular weight excluding hydrogens is 228 g/mol. The number of imide groups is 1. The summed E-state index contributed by atoms with van der Waals surface area (Å²) in [6.07, 6.45) is 2.58. The summed E-state index contributed by atoms with van der Waals surface area (Å²) in [7, 11) is 0.